The molecule has 1 unspecified atom stereocenters. The zero-order valence-corrected chi connectivity index (χ0v) is 11.8. The van der Waals surface area contributed by atoms with Crippen LogP contribution in [0.3, 0.4) is 0 Å². The van der Waals surface area contributed by atoms with Gasteiger partial charge in [-0.25, -0.2) is 0 Å². The van der Waals surface area contributed by atoms with Crippen LogP contribution in [-0.2, 0) is 9.59 Å². The minimum atomic E-state index is -0.323. The first-order valence-electron chi connectivity index (χ1n) is 6.32. The lowest BCUT2D eigenvalue weighted by molar-refractivity contribution is -0.133. The van der Waals surface area contributed by atoms with E-state index in [1.165, 1.54) is 4.90 Å². The van der Waals surface area contributed by atoms with Crippen molar-refractivity contribution in [2.24, 2.45) is 0 Å². The van der Waals surface area contributed by atoms with Gasteiger partial charge in [0, 0.05) is 40.3 Å². The Morgan fingerprint density at radius 2 is 1.78 bits per heavy atom. The fraction of sp³-hybridized carbons (Fsp3) is 0.833. The van der Waals surface area contributed by atoms with E-state index in [0.29, 0.717) is 0 Å². The summed E-state index contributed by atoms with van der Waals surface area (Å²) in [6, 6.07) is -0.323. The van der Waals surface area contributed by atoms with Crippen LogP contribution in [0.15, 0.2) is 0 Å². The molecule has 0 aromatic rings. The highest BCUT2D eigenvalue weighted by Crippen LogP contribution is 1.99. The Hall–Kier alpha value is -1.14. The monoisotopic (exact) mass is 256 g/mol. The highest BCUT2D eigenvalue weighted by Gasteiger charge is 2.20. The minimum absolute atomic E-state index is 0.0128. The quantitative estimate of drug-likeness (QED) is 0.688. The molecule has 0 aromatic heterocycles. The second kappa shape index (κ2) is 6.70. The molecule has 1 atom stereocenters. The standard InChI is InChI=1S/C12H24N4O2/c1-10(12(18)14(2)3)13-9-11(17)16-7-5-15(4)6-8-16/h10,13H,5-9H2,1-4H3. The van der Waals surface area contributed by atoms with Crippen LogP contribution < -0.4 is 5.32 Å². The molecule has 2 amide bonds. The third-order valence-corrected chi connectivity index (χ3v) is 3.23. The van der Waals surface area contributed by atoms with Gasteiger partial charge in [0.2, 0.25) is 11.8 Å². The van der Waals surface area contributed by atoms with Crippen molar-refractivity contribution in [2.45, 2.75) is 13.0 Å². The molecule has 0 radical (unpaired) electrons. The number of likely N-dealkylation sites (N-methyl/N-ethyl adjacent to an activating group) is 2. The number of nitrogens with zero attached hydrogens (tertiary/aromatic N) is 3. The summed E-state index contributed by atoms with van der Waals surface area (Å²) in [4.78, 5) is 29.1. The Kier molecular flexibility index (Phi) is 5.55. The van der Waals surface area contributed by atoms with Crippen molar-refractivity contribution in [2.75, 3.05) is 53.9 Å². The van der Waals surface area contributed by atoms with Crippen molar-refractivity contribution in [1.82, 2.24) is 20.0 Å². The van der Waals surface area contributed by atoms with Crippen molar-refractivity contribution in [3.8, 4) is 0 Å². The van der Waals surface area contributed by atoms with Crippen LogP contribution >= 0.6 is 0 Å². The molecule has 1 fully saturated rings. The third kappa shape index (κ3) is 4.27. The van der Waals surface area contributed by atoms with E-state index in [9.17, 15) is 9.59 Å². The van der Waals surface area contributed by atoms with E-state index in [2.05, 4.69) is 17.3 Å². The van der Waals surface area contributed by atoms with Crippen LogP contribution in [0, 0.1) is 0 Å². The zero-order valence-electron chi connectivity index (χ0n) is 11.8. The molecule has 18 heavy (non-hydrogen) atoms. The number of carbonyl (C=O) groups is 2. The van der Waals surface area contributed by atoms with Crippen LogP contribution in [0.2, 0.25) is 0 Å². The molecule has 0 spiro atoms. The summed E-state index contributed by atoms with van der Waals surface area (Å²) in [6.07, 6.45) is 0. The summed E-state index contributed by atoms with van der Waals surface area (Å²) in [7, 11) is 5.48. The van der Waals surface area contributed by atoms with Crippen LogP contribution in [-0.4, -0.2) is 86.4 Å². The lowest BCUT2D eigenvalue weighted by Gasteiger charge is -2.32. The van der Waals surface area contributed by atoms with Gasteiger partial charge in [0.25, 0.3) is 0 Å². The molecule has 0 aliphatic carbocycles. The highest BCUT2D eigenvalue weighted by atomic mass is 16.2. The van der Waals surface area contributed by atoms with Gasteiger partial charge in [0.15, 0.2) is 0 Å². The number of nitrogens with one attached hydrogen (secondary N) is 1. The normalized spacial score (nSPS) is 18.6. The number of hydrogen-bond donors (Lipinski definition) is 1. The number of rotatable bonds is 4. The molecule has 104 valence electrons. The molecule has 6 heteroatoms. The van der Waals surface area contributed by atoms with Gasteiger partial charge in [-0.1, -0.05) is 0 Å². The molecular weight excluding hydrogens is 232 g/mol. The van der Waals surface area contributed by atoms with Gasteiger partial charge >= 0.3 is 0 Å². The van der Waals surface area contributed by atoms with Crippen LogP contribution in [0.25, 0.3) is 0 Å². The summed E-state index contributed by atoms with van der Waals surface area (Å²) in [5, 5.41) is 2.98. The molecule has 1 heterocycles. The van der Waals surface area contributed by atoms with E-state index in [-0.39, 0.29) is 24.4 Å². The maximum Gasteiger partial charge on any atom is 0.238 e. The Morgan fingerprint density at radius 3 is 2.28 bits per heavy atom. The Labute approximate surface area is 109 Å². The Balaban J connectivity index is 2.30. The summed E-state index contributed by atoms with van der Waals surface area (Å²) in [5.74, 6) is 0.0580. The van der Waals surface area contributed by atoms with Gasteiger partial charge in [-0.3, -0.25) is 14.9 Å². The SMILES string of the molecule is CC(NCC(=O)N1CCN(C)CC1)C(=O)N(C)C. The topological polar surface area (TPSA) is 55.9 Å². The molecule has 6 nitrogen and oxygen atoms in total. The number of carbonyl (C=O) groups excluding carboxylic acids is 2. The molecule has 1 rings (SSSR count). The van der Waals surface area contributed by atoms with E-state index >= 15 is 0 Å². The fourth-order valence-electron chi connectivity index (χ4n) is 1.88. The highest BCUT2D eigenvalue weighted by molar-refractivity contribution is 5.83. The molecule has 1 N–H and O–H groups in total. The van der Waals surface area contributed by atoms with Crippen molar-refractivity contribution >= 4 is 11.8 Å². The van der Waals surface area contributed by atoms with Crippen LogP contribution in [0.4, 0.5) is 0 Å². The van der Waals surface area contributed by atoms with E-state index in [0.717, 1.165) is 26.2 Å². The Bertz CT molecular complexity index is 298. The predicted molar refractivity (Wildman–Crippen MR) is 70.2 cm³/mol. The lowest BCUT2D eigenvalue weighted by Crippen LogP contribution is -2.51. The van der Waals surface area contributed by atoms with E-state index in [4.69, 9.17) is 0 Å². The molecule has 1 aliphatic heterocycles. The number of hydrogen-bond acceptors (Lipinski definition) is 4. The maximum absolute atomic E-state index is 11.9. The molecule has 1 aliphatic rings. The fourth-order valence-corrected chi connectivity index (χ4v) is 1.88. The minimum Gasteiger partial charge on any atom is -0.347 e. The number of amides is 2. The number of piperazine rings is 1. The smallest absolute Gasteiger partial charge is 0.238 e. The Morgan fingerprint density at radius 1 is 1.22 bits per heavy atom. The molecule has 0 saturated carbocycles. The van der Waals surface area contributed by atoms with E-state index < -0.39 is 0 Å². The van der Waals surface area contributed by atoms with Gasteiger partial charge in [0.1, 0.15) is 0 Å². The van der Waals surface area contributed by atoms with Crippen LogP contribution in [0.1, 0.15) is 6.92 Å². The molecule has 1 saturated heterocycles. The second-order valence-electron chi connectivity index (χ2n) is 5.02. The molecular formula is C12H24N4O2. The predicted octanol–water partition coefficient (Wildman–Crippen LogP) is -1.17. The average molecular weight is 256 g/mol. The van der Waals surface area contributed by atoms with Crippen molar-refractivity contribution < 1.29 is 9.59 Å². The molecule has 0 bridgehead atoms. The molecule has 0 aromatic carbocycles. The van der Waals surface area contributed by atoms with Gasteiger partial charge < -0.3 is 14.7 Å². The van der Waals surface area contributed by atoms with Crippen LogP contribution in [0.5, 0.6) is 0 Å². The summed E-state index contributed by atoms with van der Waals surface area (Å²) in [6.45, 7) is 5.37. The largest absolute Gasteiger partial charge is 0.347 e. The first kappa shape index (κ1) is 14.9. The van der Waals surface area contributed by atoms with Crippen molar-refractivity contribution in [1.29, 1.82) is 0 Å². The first-order chi connectivity index (χ1) is 8.41. The van der Waals surface area contributed by atoms with E-state index in [1.807, 2.05) is 4.90 Å². The van der Waals surface area contributed by atoms with Gasteiger partial charge in [-0.15, -0.1) is 0 Å². The summed E-state index contributed by atoms with van der Waals surface area (Å²) < 4.78 is 0. The lowest BCUT2D eigenvalue weighted by atomic mass is 10.3. The van der Waals surface area contributed by atoms with Crippen molar-refractivity contribution in [3.63, 3.8) is 0 Å². The van der Waals surface area contributed by atoms with Gasteiger partial charge in [0.05, 0.1) is 12.6 Å². The third-order valence-electron chi connectivity index (χ3n) is 3.23. The second-order valence-corrected chi connectivity index (χ2v) is 5.02. The average Bonchev–Trinajstić information content (AvgIpc) is 2.35. The summed E-state index contributed by atoms with van der Waals surface area (Å²) in [5.41, 5.74) is 0. The zero-order chi connectivity index (χ0) is 13.7. The van der Waals surface area contributed by atoms with Crippen molar-refractivity contribution in [3.05, 3.63) is 0 Å². The first-order valence-corrected chi connectivity index (χ1v) is 6.32. The van der Waals surface area contributed by atoms with E-state index in [1.54, 1.807) is 21.0 Å². The maximum atomic E-state index is 11.9. The van der Waals surface area contributed by atoms with Gasteiger partial charge in [-0.05, 0) is 14.0 Å². The summed E-state index contributed by atoms with van der Waals surface area (Å²) >= 11 is 0. The van der Waals surface area contributed by atoms with Gasteiger partial charge in [-0.2, -0.15) is 0 Å².